The molecule has 1 unspecified atom stereocenters. The van der Waals surface area contributed by atoms with Crippen LogP contribution >= 0.6 is 0 Å². The molecule has 1 fully saturated rings. The number of aryl methyl sites for hydroxylation is 1. The van der Waals surface area contributed by atoms with E-state index in [0.29, 0.717) is 6.04 Å². The second-order valence-electron chi connectivity index (χ2n) is 6.16. The van der Waals surface area contributed by atoms with Gasteiger partial charge in [-0.15, -0.1) is 0 Å². The maximum Gasteiger partial charge on any atom is 0.119 e. The molecule has 1 aliphatic carbocycles. The van der Waals surface area contributed by atoms with E-state index < -0.39 is 0 Å². The van der Waals surface area contributed by atoms with Crippen LogP contribution in [0.3, 0.4) is 0 Å². The topological polar surface area (TPSA) is 21.3 Å². The minimum absolute atomic E-state index is 0.476. The minimum atomic E-state index is 0.476. The van der Waals surface area contributed by atoms with Crippen molar-refractivity contribution in [3.8, 4) is 5.75 Å². The Labute approximate surface area is 123 Å². The van der Waals surface area contributed by atoms with Crippen molar-refractivity contribution >= 4 is 0 Å². The average molecular weight is 275 g/mol. The number of hydrogen-bond acceptors (Lipinski definition) is 2. The van der Waals surface area contributed by atoms with E-state index in [1.165, 1.54) is 56.1 Å². The first-order valence-corrected chi connectivity index (χ1v) is 8.06. The zero-order chi connectivity index (χ0) is 14.4. The van der Waals surface area contributed by atoms with Gasteiger partial charge in [0.1, 0.15) is 5.75 Å². The number of benzene rings is 1. The lowest BCUT2D eigenvalue weighted by Crippen LogP contribution is -2.20. The molecule has 1 atom stereocenters. The lowest BCUT2D eigenvalue weighted by molar-refractivity contribution is 0.366. The largest absolute Gasteiger partial charge is 0.497 e. The van der Waals surface area contributed by atoms with Crippen LogP contribution in [-0.2, 0) is 0 Å². The molecule has 112 valence electrons. The summed E-state index contributed by atoms with van der Waals surface area (Å²) in [6.07, 6.45) is 9.79. The third-order valence-electron chi connectivity index (χ3n) is 4.74. The number of hydrogen-bond donors (Lipinski definition) is 1. The molecule has 1 aromatic carbocycles. The van der Waals surface area contributed by atoms with Crippen LogP contribution in [0, 0.1) is 12.8 Å². The van der Waals surface area contributed by atoms with Gasteiger partial charge in [-0.2, -0.15) is 0 Å². The fourth-order valence-corrected chi connectivity index (χ4v) is 3.50. The van der Waals surface area contributed by atoms with E-state index in [4.69, 9.17) is 4.74 Å². The molecule has 1 N–H and O–H groups in total. The molecule has 0 amide bonds. The van der Waals surface area contributed by atoms with Gasteiger partial charge in [0.25, 0.3) is 0 Å². The molecule has 0 saturated heterocycles. The molecule has 0 bridgehead atoms. The molecule has 0 heterocycles. The van der Waals surface area contributed by atoms with Crippen LogP contribution < -0.4 is 10.1 Å². The summed E-state index contributed by atoms with van der Waals surface area (Å²) in [6.45, 7) is 2.19. The zero-order valence-corrected chi connectivity index (χ0v) is 13.2. The van der Waals surface area contributed by atoms with Crippen LogP contribution in [-0.4, -0.2) is 14.2 Å². The SMILES string of the molecule is CNC(CC1CCCCCC1)c1ccc(OC)cc1C. The third-order valence-corrected chi connectivity index (χ3v) is 4.74. The maximum absolute atomic E-state index is 5.31. The predicted molar refractivity (Wildman–Crippen MR) is 85.3 cm³/mol. The van der Waals surface area contributed by atoms with Gasteiger partial charge in [0.15, 0.2) is 0 Å². The molecular weight excluding hydrogens is 246 g/mol. The van der Waals surface area contributed by atoms with E-state index in [1.54, 1.807) is 7.11 Å². The van der Waals surface area contributed by atoms with E-state index in [0.717, 1.165) is 11.7 Å². The number of ether oxygens (including phenoxy) is 1. The first kappa shape index (κ1) is 15.4. The molecule has 0 aromatic heterocycles. The summed E-state index contributed by atoms with van der Waals surface area (Å²) in [7, 11) is 3.82. The Morgan fingerprint density at radius 2 is 1.90 bits per heavy atom. The Morgan fingerprint density at radius 3 is 2.45 bits per heavy atom. The monoisotopic (exact) mass is 275 g/mol. The van der Waals surface area contributed by atoms with Crippen LogP contribution in [0.15, 0.2) is 18.2 Å². The molecule has 2 nitrogen and oxygen atoms in total. The van der Waals surface area contributed by atoms with E-state index >= 15 is 0 Å². The molecule has 0 aliphatic heterocycles. The Balaban J connectivity index is 2.06. The Bertz CT molecular complexity index is 408. The van der Waals surface area contributed by atoms with Gasteiger partial charge >= 0.3 is 0 Å². The van der Waals surface area contributed by atoms with Gasteiger partial charge in [-0.25, -0.2) is 0 Å². The van der Waals surface area contributed by atoms with Crippen molar-refractivity contribution in [2.75, 3.05) is 14.2 Å². The highest BCUT2D eigenvalue weighted by molar-refractivity contribution is 5.36. The summed E-state index contributed by atoms with van der Waals surface area (Å²) in [5, 5.41) is 3.52. The number of rotatable bonds is 5. The number of nitrogens with one attached hydrogen (secondary N) is 1. The van der Waals surface area contributed by atoms with Gasteiger partial charge in [0.05, 0.1) is 7.11 Å². The van der Waals surface area contributed by atoms with Crippen molar-refractivity contribution in [1.29, 1.82) is 0 Å². The second-order valence-corrected chi connectivity index (χ2v) is 6.16. The van der Waals surface area contributed by atoms with Crippen LogP contribution in [0.2, 0.25) is 0 Å². The highest BCUT2D eigenvalue weighted by Gasteiger charge is 2.19. The molecule has 1 aliphatic rings. The second kappa shape index (κ2) is 7.68. The van der Waals surface area contributed by atoms with Gasteiger partial charge in [0, 0.05) is 6.04 Å². The smallest absolute Gasteiger partial charge is 0.119 e. The minimum Gasteiger partial charge on any atom is -0.497 e. The summed E-state index contributed by atoms with van der Waals surface area (Å²) < 4.78 is 5.31. The Hall–Kier alpha value is -1.02. The van der Waals surface area contributed by atoms with Gasteiger partial charge in [0.2, 0.25) is 0 Å². The Kier molecular flexibility index (Phi) is 5.90. The summed E-state index contributed by atoms with van der Waals surface area (Å²) in [4.78, 5) is 0. The normalized spacial score (nSPS) is 18.6. The van der Waals surface area contributed by atoms with Crippen molar-refractivity contribution in [3.63, 3.8) is 0 Å². The molecule has 2 rings (SSSR count). The highest BCUT2D eigenvalue weighted by atomic mass is 16.5. The average Bonchev–Trinajstić information content (AvgIpc) is 2.73. The van der Waals surface area contributed by atoms with Crippen LogP contribution in [0.25, 0.3) is 0 Å². The van der Waals surface area contributed by atoms with Crippen molar-refractivity contribution in [1.82, 2.24) is 5.32 Å². The first-order chi connectivity index (χ1) is 9.74. The molecule has 20 heavy (non-hydrogen) atoms. The molecule has 1 saturated carbocycles. The van der Waals surface area contributed by atoms with Crippen molar-refractivity contribution in [2.45, 2.75) is 57.9 Å². The molecule has 1 aromatic rings. The Morgan fingerprint density at radius 1 is 1.20 bits per heavy atom. The lowest BCUT2D eigenvalue weighted by atomic mass is 9.88. The molecule has 2 heteroatoms. The summed E-state index contributed by atoms with van der Waals surface area (Å²) in [5.41, 5.74) is 2.76. The van der Waals surface area contributed by atoms with Crippen LogP contribution in [0.4, 0.5) is 0 Å². The lowest BCUT2D eigenvalue weighted by Gasteiger charge is -2.24. The van der Waals surface area contributed by atoms with E-state index in [-0.39, 0.29) is 0 Å². The van der Waals surface area contributed by atoms with Crippen molar-refractivity contribution in [3.05, 3.63) is 29.3 Å². The summed E-state index contributed by atoms with van der Waals surface area (Å²) >= 11 is 0. The standard InChI is InChI=1S/C18H29NO/c1-14-12-16(20-3)10-11-17(14)18(19-2)13-15-8-6-4-5-7-9-15/h10-12,15,18-19H,4-9,13H2,1-3H3. The van der Waals surface area contributed by atoms with Gasteiger partial charge in [-0.05, 0) is 49.6 Å². The highest BCUT2D eigenvalue weighted by Crippen LogP contribution is 2.32. The first-order valence-electron chi connectivity index (χ1n) is 8.06. The molecule has 0 spiro atoms. The fraction of sp³-hybridized carbons (Fsp3) is 0.667. The fourth-order valence-electron chi connectivity index (χ4n) is 3.50. The van der Waals surface area contributed by atoms with Gasteiger partial charge in [-0.3, -0.25) is 0 Å². The summed E-state index contributed by atoms with van der Waals surface area (Å²) in [5.74, 6) is 1.84. The van der Waals surface area contributed by atoms with Crippen LogP contribution in [0.5, 0.6) is 5.75 Å². The van der Waals surface area contributed by atoms with Gasteiger partial charge < -0.3 is 10.1 Å². The zero-order valence-electron chi connectivity index (χ0n) is 13.2. The maximum atomic E-state index is 5.31. The number of methoxy groups -OCH3 is 1. The van der Waals surface area contributed by atoms with Crippen molar-refractivity contribution < 1.29 is 4.74 Å². The van der Waals surface area contributed by atoms with E-state index in [9.17, 15) is 0 Å². The van der Waals surface area contributed by atoms with Crippen molar-refractivity contribution in [2.24, 2.45) is 5.92 Å². The van der Waals surface area contributed by atoms with Gasteiger partial charge in [-0.1, -0.05) is 44.6 Å². The molecule has 0 radical (unpaired) electrons. The van der Waals surface area contributed by atoms with Crippen LogP contribution in [0.1, 0.15) is 62.1 Å². The molecular formula is C18H29NO. The third kappa shape index (κ3) is 3.99. The summed E-state index contributed by atoms with van der Waals surface area (Å²) in [6, 6.07) is 6.93. The quantitative estimate of drug-likeness (QED) is 0.791. The van der Waals surface area contributed by atoms with E-state index in [1.807, 2.05) is 0 Å². The van der Waals surface area contributed by atoms with E-state index in [2.05, 4.69) is 37.5 Å². The predicted octanol–water partition coefficient (Wildman–Crippen LogP) is 4.62.